The zero-order valence-electron chi connectivity index (χ0n) is 18.6. The van der Waals surface area contributed by atoms with E-state index in [-0.39, 0.29) is 30.1 Å². The molecular weight excluding hydrogens is 427 g/mol. The Morgan fingerprint density at radius 2 is 1.82 bits per heavy atom. The van der Waals surface area contributed by atoms with E-state index in [0.717, 1.165) is 4.90 Å². The van der Waals surface area contributed by atoms with Crippen LogP contribution in [0.2, 0.25) is 0 Å². The summed E-state index contributed by atoms with van der Waals surface area (Å²) in [7, 11) is 0. The summed E-state index contributed by atoms with van der Waals surface area (Å²) < 4.78 is 20.1. The van der Waals surface area contributed by atoms with E-state index in [9.17, 15) is 23.6 Å². The standard InChI is InChI=1S/C25H25FN2O5/c1-4-25(24(32)33-5-2)20-19(21(27-25)17-11-6-7-12-18(17)26)22(30)28(23(20)31)16-10-8-9-15(13-16)14(3)29/h6-13,19-21,27H,4-5H2,1-3H3. The van der Waals surface area contributed by atoms with Crippen LogP contribution in [0.25, 0.3) is 0 Å². The zero-order valence-corrected chi connectivity index (χ0v) is 18.6. The predicted molar refractivity (Wildman–Crippen MR) is 118 cm³/mol. The highest BCUT2D eigenvalue weighted by Crippen LogP contribution is 2.51. The van der Waals surface area contributed by atoms with Crippen molar-refractivity contribution in [1.29, 1.82) is 0 Å². The van der Waals surface area contributed by atoms with Crippen molar-refractivity contribution in [3.8, 4) is 0 Å². The van der Waals surface area contributed by atoms with Crippen molar-refractivity contribution in [1.82, 2.24) is 5.32 Å². The van der Waals surface area contributed by atoms with E-state index in [1.807, 2.05) is 0 Å². The average Bonchev–Trinajstić information content (AvgIpc) is 3.28. The number of carbonyl (C=O) groups is 4. The summed E-state index contributed by atoms with van der Waals surface area (Å²) in [5.41, 5.74) is -0.699. The highest BCUT2D eigenvalue weighted by atomic mass is 19.1. The van der Waals surface area contributed by atoms with Crippen LogP contribution in [0.3, 0.4) is 0 Å². The molecule has 4 rings (SSSR count). The highest BCUT2D eigenvalue weighted by Gasteiger charge is 2.68. The number of nitrogens with zero attached hydrogens (tertiary/aromatic N) is 1. The largest absolute Gasteiger partial charge is 0.465 e. The lowest BCUT2D eigenvalue weighted by atomic mass is 9.78. The van der Waals surface area contributed by atoms with Gasteiger partial charge in [-0.05, 0) is 38.5 Å². The number of nitrogens with one attached hydrogen (secondary N) is 1. The predicted octanol–water partition coefficient (Wildman–Crippen LogP) is 3.19. The van der Waals surface area contributed by atoms with Crippen molar-refractivity contribution < 1.29 is 28.3 Å². The average molecular weight is 452 g/mol. The zero-order chi connectivity index (χ0) is 23.9. The van der Waals surface area contributed by atoms with Gasteiger partial charge in [-0.15, -0.1) is 0 Å². The van der Waals surface area contributed by atoms with Gasteiger partial charge in [0.1, 0.15) is 11.4 Å². The van der Waals surface area contributed by atoms with E-state index < -0.39 is 47.0 Å². The van der Waals surface area contributed by atoms with E-state index in [2.05, 4.69) is 5.32 Å². The lowest BCUT2D eigenvalue weighted by Gasteiger charge is -2.32. The molecule has 4 unspecified atom stereocenters. The minimum atomic E-state index is -1.49. The SMILES string of the molecule is CCOC(=O)C1(CC)NC(c2ccccc2F)C2C(=O)N(c3cccc(C(C)=O)c3)C(=O)C21. The van der Waals surface area contributed by atoms with Gasteiger partial charge >= 0.3 is 5.97 Å². The van der Waals surface area contributed by atoms with Gasteiger partial charge < -0.3 is 4.74 Å². The molecule has 2 fully saturated rings. The molecule has 2 saturated heterocycles. The maximum absolute atomic E-state index is 14.8. The van der Waals surface area contributed by atoms with Crippen LogP contribution in [0.15, 0.2) is 48.5 Å². The number of hydrogen-bond donors (Lipinski definition) is 1. The van der Waals surface area contributed by atoms with Gasteiger partial charge in [0.25, 0.3) is 0 Å². The van der Waals surface area contributed by atoms with Crippen molar-refractivity contribution >= 4 is 29.3 Å². The number of benzene rings is 2. The van der Waals surface area contributed by atoms with Gasteiger partial charge in [-0.25, -0.2) is 9.29 Å². The van der Waals surface area contributed by atoms with Crippen LogP contribution >= 0.6 is 0 Å². The van der Waals surface area contributed by atoms with Crippen molar-refractivity contribution in [2.45, 2.75) is 38.8 Å². The Balaban J connectivity index is 1.87. The number of imide groups is 1. The number of fused-ring (bicyclic) bond motifs is 1. The van der Waals surface area contributed by atoms with Crippen molar-refractivity contribution in [3.63, 3.8) is 0 Å². The van der Waals surface area contributed by atoms with Gasteiger partial charge in [0, 0.05) is 17.2 Å². The minimum Gasteiger partial charge on any atom is -0.465 e. The lowest BCUT2D eigenvalue weighted by molar-refractivity contribution is -0.154. The fraction of sp³-hybridized carbons (Fsp3) is 0.360. The molecular formula is C25H25FN2O5. The number of ether oxygens (including phenoxy) is 1. The molecule has 4 atom stereocenters. The van der Waals surface area contributed by atoms with Crippen LogP contribution in [0.1, 0.15) is 49.2 Å². The van der Waals surface area contributed by atoms with E-state index in [4.69, 9.17) is 4.74 Å². The lowest BCUT2D eigenvalue weighted by Crippen LogP contribution is -2.56. The molecule has 0 radical (unpaired) electrons. The van der Waals surface area contributed by atoms with Gasteiger partial charge in [0.05, 0.1) is 24.1 Å². The van der Waals surface area contributed by atoms with Crippen molar-refractivity contribution in [2.24, 2.45) is 11.8 Å². The minimum absolute atomic E-state index is 0.0938. The molecule has 2 aliphatic rings. The first-order valence-corrected chi connectivity index (χ1v) is 10.9. The monoisotopic (exact) mass is 452 g/mol. The quantitative estimate of drug-likeness (QED) is 0.411. The highest BCUT2D eigenvalue weighted by molar-refractivity contribution is 6.24. The van der Waals surface area contributed by atoms with E-state index in [1.54, 1.807) is 38.1 Å². The molecule has 0 saturated carbocycles. The molecule has 2 aliphatic heterocycles. The number of carbonyl (C=O) groups excluding carboxylic acids is 4. The number of anilines is 1. The summed E-state index contributed by atoms with van der Waals surface area (Å²) in [5, 5.41) is 3.12. The fourth-order valence-electron chi connectivity index (χ4n) is 5.03. The summed E-state index contributed by atoms with van der Waals surface area (Å²) in [4.78, 5) is 53.4. The van der Waals surface area contributed by atoms with E-state index >= 15 is 0 Å². The van der Waals surface area contributed by atoms with Crippen LogP contribution in [0.4, 0.5) is 10.1 Å². The molecule has 0 aliphatic carbocycles. The first-order chi connectivity index (χ1) is 15.8. The smallest absolute Gasteiger partial charge is 0.327 e. The number of rotatable bonds is 6. The number of hydrogen-bond acceptors (Lipinski definition) is 6. The second-order valence-electron chi connectivity index (χ2n) is 8.31. The van der Waals surface area contributed by atoms with Crippen LogP contribution in [0.5, 0.6) is 0 Å². The van der Waals surface area contributed by atoms with Crippen molar-refractivity contribution in [3.05, 3.63) is 65.5 Å². The van der Waals surface area contributed by atoms with Gasteiger partial charge in [-0.3, -0.25) is 24.5 Å². The molecule has 172 valence electrons. The maximum atomic E-state index is 14.8. The van der Waals surface area contributed by atoms with Crippen molar-refractivity contribution in [2.75, 3.05) is 11.5 Å². The molecule has 0 aromatic heterocycles. The molecule has 2 amide bonds. The topological polar surface area (TPSA) is 92.8 Å². The molecule has 2 heterocycles. The normalized spacial score (nSPS) is 26.4. The number of amides is 2. The van der Waals surface area contributed by atoms with Gasteiger partial charge in [-0.2, -0.15) is 0 Å². The molecule has 0 bridgehead atoms. The maximum Gasteiger partial charge on any atom is 0.327 e. The summed E-state index contributed by atoms with van der Waals surface area (Å²) in [5.74, 6) is -4.63. The summed E-state index contributed by atoms with van der Waals surface area (Å²) in [6.07, 6.45) is 0.165. The summed E-state index contributed by atoms with van der Waals surface area (Å²) in [6.45, 7) is 4.86. The first kappa shape index (κ1) is 22.8. The molecule has 33 heavy (non-hydrogen) atoms. The Kier molecular flexibility index (Phi) is 5.88. The third-order valence-corrected chi connectivity index (χ3v) is 6.60. The van der Waals surface area contributed by atoms with E-state index in [0.29, 0.717) is 5.56 Å². The second kappa shape index (κ2) is 8.51. The Morgan fingerprint density at radius 3 is 2.45 bits per heavy atom. The number of esters is 1. The molecule has 2 aromatic carbocycles. The van der Waals surface area contributed by atoms with E-state index in [1.165, 1.54) is 31.2 Å². The Labute approximate surface area is 190 Å². The summed E-state index contributed by atoms with van der Waals surface area (Å²) in [6, 6.07) is 11.3. The van der Waals surface area contributed by atoms with Crippen LogP contribution in [0, 0.1) is 17.7 Å². The molecule has 1 N–H and O–H groups in total. The second-order valence-corrected chi connectivity index (χ2v) is 8.31. The van der Waals surface area contributed by atoms with Gasteiger partial charge in [0.15, 0.2) is 5.78 Å². The number of Topliss-reactive ketones (excluding diaryl/α,β-unsaturated/α-hetero) is 1. The first-order valence-electron chi connectivity index (χ1n) is 10.9. The third-order valence-electron chi connectivity index (χ3n) is 6.60. The molecule has 0 spiro atoms. The van der Waals surface area contributed by atoms with Crippen LogP contribution in [-0.2, 0) is 19.1 Å². The van der Waals surface area contributed by atoms with Crippen LogP contribution in [-0.4, -0.2) is 35.7 Å². The Bertz CT molecular complexity index is 1150. The fourth-order valence-corrected chi connectivity index (χ4v) is 5.03. The number of ketones is 1. The van der Waals surface area contributed by atoms with Gasteiger partial charge in [0.2, 0.25) is 11.8 Å². The number of halogens is 1. The third kappa shape index (κ3) is 3.45. The molecule has 2 aromatic rings. The van der Waals surface area contributed by atoms with Gasteiger partial charge in [-0.1, -0.05) is 37.3 Å². The molecule has 8 heteroatoms. The van der Waals surface area contributed by atoms with Crippen LogP contribution < -0.4 is 10.2 Å². The Morgan fingerprint density at radius 1 is 1.09 bits per heavy atom. The molecule has 7 nitrogen and oxygen atoms in total. The summed E-state index contributed by atoms with van der Waals surface area (Å²) >= 11 is 0. The Hall–Kier alpha value is -3.39.